The number of fused-ring (bicyclic) bond motifs is 1. The lowest BCUT2D eigenvalue weighted by molar-refractivity contribution is -0.205. The van der Waals surface area contributed by atoms with Crippen LogP contribution in [0.1, 0.15) is 79.1 Å². The fourth-order valence-corrected chi connectivity index (χ4v) is 6.18. The summed E-state index contributed by atoms with van der Waals surface area (Å²) in [5, 5.41) is 20.0. The minimum atomic E-state index is -0.935. The molecule has 3 rings (SSSR count). The van der Waals surface area contributed by atoms with Crippen molar-refractivity contribution in [2.24, 2.45) is 5.41 Å². The SMILES string of the molecule is CC(C)(CCNC(=O)CCCCC1SCC2NC(O)NC21)OCCC(C)(C)C(=O)ON1C(=O)CCC1=O. The van der Waals surface area contributed by atoms with Gasteiger partial charge in [0.05, 0.1) is 11.0 Å². The van der Waals surface area contributed by atoms with Gasteiger partial charge in [0.15, 0.2) is 6.35 Å². The van der Waals surface area contributed by atoms with Crippen LogP contribution in [0, 0.1) is 5.41 Å². The lowest BCUT2D eigenvalue weighted by Gasteiger charge is -2.29. The molecule has 0 aliphatic carbocycles. The average Bonchev–Trinajstić information content (AvgIpc) is 3.46. The Morgan fingerprint density at radius 1 is 1.11 bits per heavy atom. The van der Waals surface area contributed by atoms with Gasteiger partial charge in [0.2, 0.25) is 5.91 Å². The summed E-state index contributed by atoms with van der Waals surface area (Å²) in [6.07, 6.45) is 3.78. The Bertz CT molecular complexity index is 837. The number of nitrogens with one attached hydrogen (secondary N) is 3. The third-order valence-electron chi connectivity index (χ3n) is 7.19. The number of carbonyl (C=O) groups excluding carboxylic acids is 4. The summed E-state index contributed by atoms with van der Waals surface area (Å²) in [5.74, 6) is -0.623. The summed E-state index contributed by atoms with van der Waals surface area (Å²) in [5.41, 5.74) is -1.44. The molecule has 37 heavy (non-hydrogen) atoms. The molecule has 12 heteroatoms. The molecule has 0 spiro atoms. The molecule has 3 fully saturated rings. The second-order valence-electron chi connectivity index (χ2n) is 11.3. The summed E-state index contributed by atoms with van der Waals surface area (Å²) >= 11 is 1.92. The number of hydroxylamine groups is 2. The number of ether oxygens (including phenoxy) is 1. The summed E-state index contributed by atoms with van der Waals surface area (Å²) in [6.45, 7) is 8.01. The molecule has 3 aliphatic heterocycles. The molecule has 4 N–H and O–H groups in total. The van der Waals surface area contributed by atoms with Crippen molar-refractivity contribution in [3.05, 3.63) is 0 Å². The molecule has 3 heterocycles. The van der Waals surface area contributed by atoms with E-state index in [1.54, 1.807) is 13.8 Å². The van der Waals surface area contributed by atoms with Gasteiger partial charge in [-0.1, -0.05) is 6.42 Å². The molecule has 0 saturated carbocycles. The molecule has 11 nitrogen and oxygen atoms in total. The van der Waals surface area contributed by atoms with Gasteiger partial charge in [0.1, 0.15) is 0 Å². The number of aliphatic hydroxyl groups is 1. The number of nitrogens with zero attached hydrogens (tertiary/aromatic N) is 1. The second-order valence-corrected chi connectivity index (χ2v) is 12.6. The first-order valence-electron chi connectivity index (χ1n) is 13.2. The maximum atomic E-state index is 12.5. The van der Waals surface area contributed by atoms with Crippen molar-refractivity contribution in [3.8, 4) is 0 Å². The maximum Gasteiger partial charge on any atom is 0.338 e. The predicted octanol–water partition coefficient (Wildman–Crippen LogP) is 1.19. The summed E-state index contributed by atoms with van der Waals surface area (Å²) < 4.78 is 5.97. The van der Waals surface area contributed by atoms with Crippen LogP contribution in [0.5, 0.6) is 0 Å². The van der Waals surface area contributed by atoms with E-state index in [1.165, 1.54) is 0 Å². The summed E-state index contributed by atoms with van der Waals surface area (Å²) in [4.78, 5) is 53.1. The highest BCUT2D eigenvalue weighted by Gasteiger charge is 2.42. The number of hydrogen-bond donors (Lipinski definition) is 4. The molecule has 0 aromatic rings. The van der Waals surface area contributed by atoms with Gasteiger partial charge >= 0.3 is 5.97 Å². The minimum Gasteiger partial charge on any atom is -0.375 e. The van der Waals surface area contributed by atoms with Gasteiger partial charge in [-0.15, -0.1) is 5.06 Å². The first-order valence-corrected chi connectivity index (χ1v) is 14.2. The number of hydrogen-bond acceptors (Lipinski definition) is 10. The van der Waals surface area contributed by atoms with Crippen LogP contribution in [0.4, 0.5) is 0 Å². The van der Waals surface area contributed by atoms with Gasteiger partial charge in [-0.2, -0.15) is 11.8 Å². The number of thioether (sulfide) groups is 1. The molecular formula is C25H42N4O7S. The van der Waals surface area contributed by atoms with Crippen molar-refractivity contribution in [3.63, 3.8) is 0 Å². The van der Waals surface area contributed by atoms with E-state index in [0.29, 0.717) is 48.2 Å². The molecule has 3 saturated heterocycles. The minimum absolute atomic E-state index is 0.0266. The van der Waals surface area contributed by atoms with Crippen molar-refractivity contribution in [1.82, 2.24) is 21.0 Å². The van der Waals surface area contributed by atoms with E-state index < -0.39 is 35.2 Å². The van der Waals surface area contributed by atoms with Gasteiger partial charge in [-0.3, -0.25) is 25.0 Å². The zero-order valence-electron chi connectivity index (χ0n) is 22.3. The molecule has 4 unspecified atom stereocenters. The Kier molecular flexibility index (Phi) is 10.4. The molecule has 0 radical (unpaired) electrons. The van der Waals surface area contributed by atoms with Crippen molar-refractivity contribution in [2.75, 3.05) is 18.9 Å². The third-order valence-corrected chi connectivity index (χ3v) is 8.70. The summed E-state index contributed by atoms with van der Waals surface area (Å²) in [7, 11) is 0. The topological polar surface area (TPSA) is 146 Å². The van der Waals surface area contributed by atoms with Crippen molar-refractivity contribution in [2.45, 2.75) is 108 Å². The average molecular weight is 543 g/mol. The van der Waals surface area contributed by atoms with E-state index in [9.17, 15) is 24.3 Å². The zero-order valence-corrected chi connectivity index (χ0v) is 23.2. The summed E-state index contributed by atoms with van der Waals surface area (Å²) in [6, 6.07) is 0.621. The van der Waals surface area contributed by atoms with E-state index in [1.807, 2.05) is 25.6 Å². The number of rotatable bonds is 14. The molecule has 0 aromatic carbocycles. The smallest absolute Gasteiger partial charge is 0.338 e. The quantitative estimate of drug-likeness (QED) is 0.186. The molecule has 3 amide bonds. The van der Waals surface area contributed by atoms with Gasteiger partial charge in [-0.05, 0) is 53.4 Å². The van der Waals surface area contributed by atoms with Gasteiger partial charge in [0.25, 0.3) is 11.8 Å². The number of aliphatic hydroxyl groups excluding tert-OH is 1. The molecule has 3 aliphatic rings. The van der Waals surface area contributed by atoms with E-state index >= 15 is 0 Å². The van der Waals surface area contributed by atoms with E-state index in [0.717, 1.165) is 25.0 Å². The maximum absolute atomic E-state index is 12.5. The van der Waals surface area contributed by atoms with Crippen LogP contribution in [0.2, 0.25) is 0 Å². The Labute approximate surface area is 223 Å². The highest BCUT2D eigenvalue weighted by molar-refractivity contribution is 8.00. The van der Waals surface area contributed by atoms with E-state index in [4.69, 9.17) is 9.57 Å². The fraction of sp³-hybridized carbons (Fsp3) is 0.840. The first kappa shape index (κ1) is 29.8. The monoisotopic (exact) mass is 542 g/mol. The number of unbranched alkanes of at least 4 members (excludes halogenated alkanes) is 1. The van der Waals surface area contributed by atoms with Crippen LogP contribution in [0.15, 0.2) is 0 Å². The van der Waals surface area contributed by atoms with E-state index in [-0.39, 0.29) is 25.4 Å². The lowest BCUT2D eigenvalue weighted by atomic mass is 9.90. The Hall–Kier alpha value is -1.73. The van der Waals surface area contributed by atoms with Crippen molar-refractivity contribution in [1.29, 1.82) is 0 Å². The predicted molar refractivity (Wildman–Crippen MR) is 138 cm³/mol. The van der Waals surface area contributed by atoms with E-state index in [2.05, 4.69) is 16.0 Å². The second kappa shape index (κ2) is 12.9. The van der Waals surface area contributed by atoms with Crippen molar-refractivity contribution < 1.29 is 33.9 Å². The molecule has 210 valence electrons. The highest BCUT2D eigenvalue weighted by Crippen LogP contribution is 2.33. The first-order chi connectivity index (χ1) is 17.4. The largest absolute Gasteiger partial charge is 0.375 e. The van der Waals surface area contributed by atoms with Crippen LogP contribution in [0.25, 0.3) is 0 Å². The molecular weight excluding hydrogens is 500 g/mol. The number of amides is 3. The van der Waals surface area contributed by atoms with Gasteiger partial charge in [-0.25, -0.2) is 4.79 Å². The highest BCUT2D eigenvalue weighted by atomic mass is 32.2. The fourth-order valence-electron chi connectivity index (χ4n) is 4.61. The third kappa shape index (κ3) is 8.64. The Morgan fingerprint density at radius 3 is 2.51 bits per heavy atom. The molecule has 0 bridgehead atoms. The Morgan fingerprint density at radius 2 is 1.81 bits per heavy atom. The standard InChI is InChI=1S/C25H42N4O7S/c1-24(2,22(33)36-29-19(31)9-10-20(29)32)12-14-35-25(3,4)11-13-26-18(30)8-6-5-7-17-21-16(15-37-17)27-23(34)28-21/h16-17,21,23,27-28,34H,5-15H2,1-4H3,(H,26,30). The van der Waals surface area contributed by atoms with Crippen molar-refractivity contribution >= 4 is 35.5 Å². The molecule has 4 atom stereocenters. The van der Waals surface area contributed by atoms with Crippen LogP contribution >= 0.6 is 11.8 Å². The van der Waals surface area contributed by atoms with Gasteiger partial charge < -0.3 is 20.0 Å². The zero-order chi connectivity index (χ0) is 27.2. The van der Waals surface area contributed by atoms with Crippen LogP contribution in [-0.4, -0.2) is 82.1 Å². The Balaban J connectivity index is 1.25. The molecule has 0 aromatic heterocycles. The van der Waals surface area contributed by atoms with Crippen LogP contribution in [0.3, 0.4) is 0 Å². The number of imide groups is 1. The normalized spacial score (nSPS) is 26.0. The van der Waals surface area contributed by atoms with Gasteiger partial charge in [0, 0.05) is 55.5 Å². The number of carbonyl (C=O) groups is 4. The van der Waals surface area contributed by atoms with Crippen LogP contribution in [-0.2, 0) is 28.8 Å². The lowest BCUT2D eigenvalue weighted by Crippen LogP contribution is -2.39. The van der Waals surface area contributed by atoms with Crippen LogP contribution < -0.4 is 16.0 Å².